The first-order valence-corrected chi connectivity index (χ1v) is 14.0. The van der Waals surface area contributed by atoms with E-state index in [0.717, 1.165) is 58.1 Å². The summed E-state index contributed by atoms with van der Waals surface area (Å²) in [5.74, 6) is 1.30. The molecule has 2 heterocycles. The number of aromatic amines is 1. The van der Waals surface area contributed by atoms with Crippen LogP contribution in [0.4, 0.5) is 0 Å². The van der Waals surface area contributed by atoms with Gasteiger partial charge in [-0.2, -0.15) is 0 Å². The summed E-state index contributed by atoms with van der Waals surface area (Å²) in [5, 5.41) is 3.85. The van der Waals surface area contributed by atoms with Crippen molar-refractivity contribution < 1.29 is 9.26 Å². The standard InChI is InChI=1S/C33H34N4O4/c1-5-9-29-28(32(38)37(30(6-2)34-29)24-16-18-25(19-17-24)40-21(3)4)20-22-12-14-23(15-13-22)26-10-7-8-11-27(26)31-35-33(39)41-36-31/h7-8,10-19,21H,5-6,9,20H2,1-4H3,(H,35,36,39). The molecule has 3 aromatic carbocycles. The molecule has 8 nitrogen and oxygen atoms in total. The number of aromatic nitrogens is 4. The Morgan fingerprint density at radius 2 is 1.63 bits per heavy atom. The van der Waals surface area contributed by atoms with Crippen LogP contribution in [-0.2, 0) is 19.3 Å². The molecule has 0 aliphatic rings. The van der Waals surface area contributed by atoms with E-state index < -0.39 is 5.76 Å². The molecule has 0 aliphatic heterocycles. The lowest BCUT2D eigenvalue weighted by Crippen LogP contribution is -2.29. The summed E-state index contributed by atoms with van der Waals surface area (Å²) in [7, 11) is 0. The van der Waals surface area contributed by atoms with Crippen LogP contribution in [0.1, 0.15) is 56.8 Å². The molecular weight excluding hydrogens is 516 g/mol. The molecule has 41 heavy (non-hydrogen) atoms. The van der Waals surface area contributed by atoms with Crippen LogP contribution in [0.15, 0.2) is 86.9 Å². The van der Waals surface area contributed by atoms with E-state index in [4.69, 9.17) is 14.2 Å². The Labute approximate surface area is 238 Å². The molecule has 0 saturated carbocycles. The highest BCUT2D eigenvalue weighted by Crippen LogP contribution is 2.30. The molecule has 0 bridgehead atoms. The van der Waals surface area contributed by atoms with E-state index in [2.05, 4.69) is 17.1 Å². The summed E-state index contributed by atoms with van der Waals surface area (Å²) in [6.45, 7) is 8.10. The molecule has 5 rings (SSSR count). The highest BCUT2D eigenvalue weighted by Gasteiger charge is 2.18. The van der Waals surface area contributed by atoms with Gasteiger partial charge in [0.25, 0.3) is 5.56 Å². The van der Waals surface area contributed by atoms with Crippen molar-refractivity contribution in [3.8, 4) is 34.0 Å². The van der Waals surface area contributed by atoms with E-state index in [1.165, 1.54) is 0 Å². The van der Waals surface area contributed by atoms with Gasteiger partial charge < -0.3 is 4.74 Å². The van der Waals surface area contributed by atoms with Crippen LogP contribution in [0.2, 0.25) is 0 Å². The molecule has 0 aliphatic carbocycles. The van der Waals surface area contributed by atoms with Crippen molar-refractivity contribution in [2.24, 2.45) is 0 Å². The minimum absolute atomic E-state index is 0.0396. The van der Waals surface area contributed by atoms with E-state index in [-0.39, 0.29) is 11.7 Å². The molecule has 1 N–H and O–H groups in total. The van der Waals surface area contributed by atoms with Crippen molar-refractivity contribution in [2.75, 3.05) is 0 Å². The average Bonchev–Trinajstić information content (AvgIpc) is 3.41. The lowest BCUT2D eigenvalue weighted by molar-refractivity contribution is 0.242. The number of hydrogen-bond donors (Lipinski definition) is 1. The minimum atomic E-state index is -0.596. The van der Waals surface area contributed by atoms with Crippen molar-refractivity contribution in [3.05, 3.63) is 116 Å². The molecule has 0 fully saturated rings. The molecule has 8 heteroatoms. The first-order chi connectivity index (χ1) is 19.9. The van der Waals surface area contributed by atoms with Gasteiger partial charge in [-0.1, -0.05) is 74.0 Å². The number of aryl methyl sites for hydroxylation is 2. The smallest absolute Gasteiger partial charge is 0.439 e. The fraction of sp³-hybridized carbons (Fsp3) is 0.273. The van der Waals surface area contributed by atoms with Crippen molar-refractivity contribution in [1.82, 2.24) is 19.7 Å². The summed E-state index contributed by atoms with van der Waals surface area (Å²) in [5.41, 5.74) is 5.95. The number of nitrogens with zero attached hydrogens (tertiary/aromatic N) is 3. The van der Waals surface area contributed by atoms with Crippen LogP contribution in [0, 0.1) is 0 Å². The van der Waals surface area contributed by atoms with Crippen molar-refractivity contribution in [1.29, 1.82) is 0 Å². The number of nitrogens with one attached hydrogen (secondary N) is 1. The quantitative estimate of drug-likeness (QED) is 0.224. The maximum absolute atomic E-state index is 14.1. The zero-order valence-corrected chi connectivity index (χ0v) is 23.8. The molecule has 0 spiro atoms. The van der Waals surface area contributed by atoms with E-state index in [1.54, 1.807) is 4.57 Å². The van der Waals surface area contributed by atoms with Crippen LogP contribution in [0.5, 0.6) is 5.75 Å². The summed E-state index contributed by atoms with van der Waals surface area (Å²) in [6, 6.07) is 23.4. The van der Waals surface area contributed by atoms with Gasteiger partial charge in [0.1, 0.15) is 11.6 Å². The summed E-state index contributed by atoms with van der Waals surface area (Å²) in [4.78, 5) is 33.2. The normalized spacial score (nSPS) is 11.2. The van der Waals surface area contributed by atoms with E-state index in [9.17, 15) is 9.59 Å². The molecule has 210 valence electrons. The molecule has 0 saturated heterocycles. The maximum Gasteiger partial charge on any atom is 0.439 e. The number of benzene rings is 3. The van der Waals surface area contributed by atoms with Crippen LogP contribution in [-0.4, -0.2) is 25.8 Å². The van der Waals surface area contributed by atoms with Gasteiger partial charge in [0.15, 0.2) is 5.82 Å². The SMILES string of the molecule is CCCc1nc(CC)n(-c2ccc(OC(C)C)cc2)c(=O)c1Cc1ccc(-c2ccccc2-c2noc(=O)[nH]2)cc1. The third-order valence-electron chi connectivity index (χ3n) is 6.87. The highest BCUT2D eigenvalue weighted by molar-refractivity contribution is 5.80. The predicted molar refractivity (Wildman–Crippen MR) is 160 cm³/mol. The third-order valence-corrected chi connectivity index (χ3v) is 6.87. The van der Waals surface area contributed by atoms with Gasteiger partial charge in [0.05, 0.1) is 17.5 Å². The van der Waals surface area contributed by atoms with Crippen LogP contribution in [0.25, 0.3) is 28.2 Å². The van der Waals surface area contributed by atoms with Crippen LogP contribution in [0.3, 0.4) is 0 Å². The van der Waals surface area contributed by atoms with Gasteiger partial charge in [0, 0.05) is 24.0 Å². The second-order valence-corrected chi connectivity index (χ2v) is 10.2. The zero-order valence-electron chi connectivity index (χ0n) is 23.8. The second-order valence-electron chi connectivity index (χ2n) is 10.2. The Balaban J connectivity index is 1.51. The summed E-state index contributed by atoms with van der Waals surface area (Å²) in [6.07, 6.45) is 2.82. The van der Waals surface area contributed by atoms with E-state index >= 15 is 0 Å². The van der Waals surface area contributed by atoms with Gasteiger partial charge in [-0.15, -0.1) is 0 Å². The minimum Gasteiger partial charge on any atom is -0.491 e. The highest BCUT2D eigenvalue weighted by atomic mass is 16.5. The Morgan fingerprint density at radius 1 is 0.927 bits per heavy atom. The van der Waals surface area contributed by atoms with Gasteiger partial charge >= 0.3 is 5.76 Å². The first kappa shape index (κ1) is 27.8. The van der Waals surface area contributed by atoms with Gasteiger partial charge in [-0.3, -0.25) is 18.9 Å². The number of hydrogen-bond acceptors (Lipinski definition) is 6. The molecule has 5 aromatic rings. The van der Waals surface area contributed by atoms with Crippen LogP contribution >= 0.6 is 0 Å². The molecule has 2 aromatic heterocycles. The number of rotatable bonds is 10. The fourth-order valence-electron chi connectivity index (χ4n) is 5.01. The monoisotopic (exact) mass is 550 g/mol. The molecular formula is C33H34N4O4. The molecule has 0 unspecified atom stereocenters. The van der Waals surface area contributed by atoms with Crippen molar-refractivity contribution in [2.45, 2.75) is 59.5 Å². The fourth-order valence-corrected chi connectivity index (χ4v) is 5.01. The Morgan fingerprint density at radius 3 is 2.24 bits per heavy atom. The van der Waals surface area contributed by atoms with E-state index in [0.29, 0.717) is 24.2 Å². The predicted octanol–water partition coefficient (Wildman–Crippen LogP) is 6.14. The topological polar surface area (TPSA) is 103 Å². The lowest BCUT2D eigenvalue weighted by atomic mass is 9.96. The number of ether oxygens (including phenoxy) is 1. The second kappa shape index (κ2) is 12.2. The zero-order chi connectivity index (χ0) is 28.9. The van der Waals surface area contributed by atoms with Crippen molar-refractivity contribution >= 4 is 0 Å². The molecule has 0 atom stereocenters. The van der Waals surface area contributed by atoms with Gasteiger partial charge in [-0.25, -0.2) is 9.78 Å². The first-order valence-electron chi connectivity index (χ1n) is 14.0. The average molecular weight is 551 g/mol. The lowest BCUT2D eigenvalue weighted by Gasteiger charge is -2.17. The Bertz CT molecular complexity index is 1750. The van der Waals surface area contributed by atoms with Gasteiger partial charge in [0.2, 0.25) is 0 Å². The largest absolute Gasteiger partial charge is 0.491 e. The molecule has 0 amide bonds. The van der Waals surface area contributed by atoms with Crippen molar-refractivity contribution in [3.63, 3.8) is 0 Å². The van der Waals surface area contributed by atoms with E-state index in [1.807, 2.05) is 93.6 Å². The number of H-pyrrole nitrogens is 1. The maximum atomic E-state index is 14.1. The van der Waals surface area contributed by atoms with Crippen LogP contribution < -0.4 is 16.1 Å². The van der Waals surface area contributed by atoms with Gasteiger partial charge in [-0.05, 0) is 61.2 Å². The Kier molecular flexibility index (Phi) is 8.29. The Hall–Kier alpha value is -4.72. The molecule has 0 radical (unpaired) electrons. The third kappa shape index (κ3) is 6.06. The summed E-state index contributed by atoms with van der Waals surface area (Å²) < 4.78 is 12.2. The summed E-state index contributed by atoms with van der Waals surface area (Å²) >= 11 is 0.